The van der Waals surface area contributed by atoms with Crippen molar-refractivity contribution in [3.05, 3.63) is 45.1 Å². The van der Waals surface area contributed by atoms with Crippen LogP contribution in [0.4, 0.5) is 5.69 Å². The molecule has 0 aliphatic heterocycles. The Morgan fingerprint density at radius 3 is 2.97 bits per heavy atom. The summed E-state index contributed by atoms with van der Waals surface area (Å²) in [5.74, 6) is 1.98. The quantitative estimate of drug-likeness (QED) is 0.514. The molecular weight excluding hydrogens is 412 g/mol. The van der Waals surface area contributed by atoms with E-state index < -0.39 is 0 Å². The van der Waals surface area contributed by atoms with Gasteiger partial charge in [-0.05, 0) is 68.7 Å². The van der Waals surface area contributed by atoms with Crippen molar-refractivity contribution in [1.29, 1.82) is 0 Å². The van der Waals surface area contributed by atoms with Crippen LogP contribution >= 0.6 is 23.1 Å². The van der Waals surface area contributed by atoms with Gasteiger partial charge in [-0.25, -0.2) is 0 Å². The number of nitrogens with zero attached hydrogens (tertiary/aromatic N) is 3. The van der Waals surface area contributed by atoms with Gasteiger partial charge in [-0.1, -0.05) is 30.8 Å². The molecule has 2 aromatic heterocycles. The molecule has 2 heterocycles. The summed E-state index contributed by atoms with van der Waals surface area (Å²) in [7, 11) is 0. The lowest BCUT2D eigenvalue weighted by atomic mass is 9.88. The van der Waals surface area contributed by atoms with E-state index in [0.717, 1.165) is 46.7 Å². The molecule has 30 heavy (non-hydrogen) atoms. The molecule has 0 bridgehead atoms. The summed E-state index contributed by atoms with van der Waals surface area (Å²) in [6.45, 7) is 9.25. The molecule has 158 valence electrons. The maximum atomic E-state index is 12.5. The fraction of sp³-hybridized carbons (Fsp3) is 0.435. The van der Waals surface area contributed by atoms with Crippen LogP contribution < -0.4 is 5.32 Å². The van der Waals surface area contributed by atoms with Crippen LogP contribution in [-0.4, -0.2) is 26.4 Å². The predicted molar refractivity (Wildman–Crippen MR) is 125 cm³/mol. The summed E-state index contributed by atoms with van der Waals surface area (Å²) in [6, 6.07) is 6.08. The molecule has 1 aromatic carbocycles. The minimum atomic E-state index is -0.0252. The maximum Gasteiger partial charge on any atom is 0.234 e. The first kappa shape index (κ1) is 21.1. The number of amides is 1. The zero-order chi connectivity index (χ0) is 21.3. The topological polar surface area (TPSA) is 59.8 Å². The van der Waals surface area contributed by atoms with E-state index in [9.17, 15) is 4.79 Å². The number of aromatic nitrogens is 3. The third kappa shape index (κ3) is 4.32. The highest BCUT2D eigenvalue weighted by atomic mass is 32.2. The summed E-state index contributed by atoms with van der Waals surface area (Å²) in [5.41, 5.74) is 5.74. The Kier molecular flexibility index (Phi) is 6.29. The third-order valence-corrected chi connectivity index (χ3v) is 7.69. The fourth-order valence-electron chi connectivity index (χ4n) is 3.93. The Hall–Kier alpha value is -2.12. The first-order chi connectivity index (χ1) is 14.5. The number of aryl methyl sites for hydroxylation is 2. The molecule has 1 amide bonds. The highest BCUT2D eigenvalue weighted by molar-refractivity contribution is 7.99. The minimum absolute atomic E-state index is 0.0252. The van der Waals surface area contributed by atoms with Gasteiger partial charge in [0, 0.05) is 28.1 Å². The fourth-order valence-corrected chi connectivity index (χ4v) is 5.98. The van der Waals surface area contributed by atoms with E-state index in [1.54, 1.807) is 0 Å². The van der Waals surface area contributed by atoms with Crippen molar-refractivity contribution in [3.63, 3.8) is 0 Å². The lowest BCUT2D eigenvalue weighted by molar-refractivity contribution is -0.113. The van der Waals surface area contributed by atoms with Crippen molar-refractivity contribution in [2.75, 3.05) is 11.1 Å². The maximum absolute atomic E-state index is 12.5. The normalized spacial score (nSPS) is 15.8. The third-order valence-electron chi connectivity index (χ3n) is 5.68. The molecule has 0 radical (unpaired) electrons. The van der Waals surface area contributed by atoms with Gasteiger partial charge < -0.3 is 9.88 Å². The van der Waals surface area contributed by atoms with E-state index in [1.165, 1.54) is 40.6 Å². The van der Waals surface area contributed by atoms with Gasteiger partial charge in [-0.15, -0.1) is 21.5 Å². The average molecular weight is 441 g/mol. The van der Waals surface area contributed by atoms with Gasteiger partial charge in [-0.2, -0.15) is 0 Å². The number of carbonyl (C=O) groups excluding carboxylic acids is 1. The van der Waals surface area contributed by atoms with Crippen LogP contribution in [0.5, 0.6) is 0 Å². The van der Waals surface area contributed by atoms with Crippen molar-refractivity contribution in [2.45, 2.75) is 58.7 Å². The summed E-state index contributed by atoms with van der Waals surface area (Å²) >= 11 is 3.29. The van der Waals surface area contributed by atoms with Gasteiger partial charge in [0.25, 0.3) is 0 Å². The van der Waals surface area contributed by atoms with Crippen molar-refractivity contribution in [3.8, 4) is 11.4 Å². The van der Waals surface area contributed by atoms with Crippen LogP contribution in [0.2, 0.25) is 0 Å². The Labute approximate surface area is 186 Å². The second-order valence-electron chi connectivity index (χ2n) is 8.10. The summed E-state index contributed by atoms with van der Waals surface area (Å²) in [6.07, 6.45) is 3.52. The lowest BCUT2D eigenvalue weighted by Gasteiger charge is -2.19. The largest absolute Gasteiger partial charge is 0.325 e. The van der Waals surface area contributed by atoms with Crippen LogP contribution in [0.1, 0.15) is 41.8 Å². The summed E-state index contributed by atoms with van der Waals surface area (Å²) < 4.78 is 2.14. The molecule has 1 unspecified atom stereocenters. The second-order valence-corrected chi connectivity index (χ2v) is 10.0. The van der Waals surface area contributed by atoms with Crippen molar-refractivity contribution < 1.29 is 4.79 Å². The molecular formula is C23H28N4OS2. The van der Waals surface area contributed by atoms with E-state index >= 15 is 0 Å². The van der Waals surface area contributed by atoms with Crippen molar-refractivity contribution in [2.24, 2.45) is 5.92 Å². The number of hydrogen-bond acceptors (Lipinski definition) is 5. The molecule has 4 rings (SSSR count). The first-order valence-electron chi connectivity index (χ1n) is 10.5. The highest BCUT2D eigenvalue weighted by Gasteiger charge is 2.24. The van der Waals surface area contributed by atoms with Gasteiger partial charge in [0.2, 0.25) is 5.91 Å². The van der Waals surface area contributed by atoms with Crippen molar-refractivity contribution in [1.82, 2.24) is 14.8 Å². The molecule has 1 aliphatic rings. The highest BCUT2D eigenvalue weighted by Crippen LogP contribution is 2.38. The average Bonchev–Trinajstić information content (AvgIpc) is 3.31. The number of rotatable bonds is 6. The molecule has 1 aliphatic carbocycles. The molecule has 1 atom stereocenters. The molecule has 3 aromatic rings. The number of thioether (sulfide) groups is 1. The summed E-state index contributed by atoms with van der Waals surface area (Å²) in [5, 5.41) is 15.0. The lowest BCUT2D eigenvalue weighted by Crippen LogP contribution is -2.15. The van der Waals surface area contributed by atoms with E-state index in [-0.39, 0.29) is 5.91 Å². The number of nitrogens with one attached hydrogen (secondary N) is 1. The number of carbonyl (C=O) groups is 1. The van der Waals surface area contributed by atoms with Crippen LogP contribution in [0, 0.1) is 19.8 Å². The molecule has 7 heteroatoms. The zero-order valence-electron chi connectivity index (χ0n) is 18.0. The summed E-state index contributed by atoms with van der Waals surface area (Å²) in [4.78, 5) is 14.0. The van der Waals surface area contributed by atoms with E-state index in [1.807, 2.05) is 37.3 Å². The minimum Gasteiger partial charge on any atom is -0.325 e. The number of benzene rings is 1. The van der Waals surface area contributed by atoms with Gasteiger partial charge in [0.1, 0.15) is 0 Å². The van der Waals surface area contributed by atoms with Gasteiger partial charge in [0.05, 0.1) is 5.75 Å². The predicted octanol–water partition coefficient (Wildman–Crippen LogP) is 5.50. The van der Waals surface area contributed by atoms with Crippen molar-refractivity contribution >= 4 is 34.7 Å². The number of fused-ring (bicyclic) bond motifs is 1. The monoisotopic (exact) mass is 440 g/mol. The van der Waals surface area contributed by atoms with Crippen LogP contribution in [0.25, 0.3) is 11.4 Å². The molecule has 0 fully saturated rings. The van der Waals surface area contributed by atoms with Gasteiger partial charge in [-0.3, -0.25) is 4.79 Å². The van der Waals surface area contributed by atoms with E-state index in [4.69, 9.17) is 0 Å². The van der Waals surface area contributed by atoms with Gasteiger partial charge in [0.15, 0.2) is 11.0 Å². The molecule has 0 spiro atoms. The SMILES string of the molecule is CCn1c(SCC(=O)Nc2cc(C)ccc2C)nnc1-c1csc2c1CCC(C)C2. The molecule has 0 saturated carbocycles. The first-order valence-corrected chi connectivity index (χ1v) is 12.4. The number of hydrogen-bond donors (Lipinski definition) is 1. The Morgan fingerprint density at radius 1 is 1.33 bits per heavy atom. The Balaban J connectivity index is 1.48. The second kappa shape index (κ2) is 8.94. The Bertz CT molecular complexity index is 1070. The van der Waals surface area contributed by atoms with Crippen LogP contribution in [-0.2, 0) is 24.2 Å². The van der Waals surface area contributed by atoms with Gasteiger partial charge >= 0.3 is 0 Å². The smallest absolute Gasteiger partial charge is 0.234 e. The standard InChI is InChI=1S/C23H28N4OS2/c1-5-27-22(18-12-29-20-11-15(3)7-9-17(18)20)25-26-23(27)30-13-21(28)24-19-10-14(2)6-8-16(19)4/h6,8,10,12,15H,5,7,9,11,13H2,1-4H3,(H,24,28). The van der Waals surface area contributed by atoms with Crippen LogP contribution in [0.15, 0.2) is 28.7 Å². The Morgan fingerprint density at radius 2 is 2.17 bits per heavy atom. The van der Waals surface area contributed by atoms with Crippen LogP contribution in [0.3, 0.4) is 0 Å². The molecule has 0 saturated heterocycles. The zero-order valence-corrected chi connectivity index (χ0v) is 19.6. The van der Waals surface area contributed by atoms with E-state index in [2.05, 4.69) is 45.4 Å². The van der Waals surface area contributed by atoms with E-state index in [0.29, 0.717) is 5.75 Å². The molecule has 5 nitrogen and oxygen atoms in total. The number of anilines is 1. The number of thiophene rings is 1. The molecule has 1 N–H and O–H groups in total.